The van der Waals surface area contributed by atoms with E-state index >= 15 is 0 Å². The van der Waals surface area contributed by atoms with E-state index in [0.29, 0.717) is 12.8 Å². The van der Waals surface area contributed by atoms with E-state index in [1.807, 2.05) is 0 Å². The number of unbranched alkanes of at least 4 members (excludes halogenated alkanes) is 19. The monoisotopic (exact) mass is 1100 g/mol. The summed E-state index contributed by atoms with van der Waals surface area (Å²) in [6, 6.07) is 0. The van der Waals surface area contributed by atoms with E-state index < -0.39 is 6.10 Å². The van der Waals surface area contributed by atoms with E-state index in [4.69, 9.17) is 9.47 Å². The Kier molecular flexibility index (Phi) is 64.0. The number of ether oxygens (including phenoxy) is 2. The fraction of sp³-hybridized carbons (Fsp3) is 0.573. The molecule has 0 amide bonds. The van der Waals surface area contributed by atoms with Crippen LogP contribution in [0.4, 0.5) is 0 Å². The zero-order valence-electron chi connectivity index (χ0n) is 51.3. The second kappa shape index (κ2) is 68.3. The maximum Gasteiger partial charge on any atom is 0.306 e. The third-order valence-corrected chi connectivity index (χ3v) is 13.2. The van der Waals surface area contributed by atoms with Gasteiger partial charge < -0.3 is 14.6 Å². The largest absolute Gasteiger partial charge is 0.462 e. The summed E-state index contributed by atoms with van der Waals surface area (Å²) >= 11 is 0. The van der Waals surface area contributed by atoms with E-state index in [2.05, 4.69) is 196 Å². The molecule has 0 saturated heterocycles. The van der Waals surface area contributed by atoms with Crippen LogP contribution in [-0.4, -0.2) is 36.4 Å². The van der Waals surface area contributed by atoms with Crippen molar-refractivity contribution in [1.29, 1.82) is 0 Å². The topological polar surface area (TPSA) is 72.8 Å². The molecular formula is C75H118O5. The molecule has 1 unspecified atom stereocenters. The lowest BCUT2D eigenvalue weighted by Gasteiger charge is -2.15. The van der Waals surface area contributed by atoms with Gasteiger partial charge in [0.2, 0.25) is 0 Å². The molecule has 0 aliphatic rings. The zero-order valence-corrected chi connectivity index (χ0v) is 51.3. The normalized spacial score (nSPS) is 13.5. The van der Waals surface area contributed by atoms with Gasteiger partial charge in [-0.05, 0) is 135 Å². The van der Waals surface area contributed by atoms with Crippen molar-refractivity contribution in [3.63, 3.8) is 0 Å². The van der Waals surface area contributed by atoms with Crippen LogP contribution in [-0.2, 0) is 19.1 Å². The molecular weight excluding hydrogens is 981 g/mol. The number of rotatable bonds is 57. The van der Waals surface area contributed by atoms with Gasteiger partial charge in [0.25, 0.3) is 0 Å². The van der Waals surface area contributed by atoms with Crippen molar-refractivity contribution in [2.24, 2.45) is 0 Å². The second-order valence-corrected chi connectivity index (χ2v) is 20.7. The lowest BCUT2D eigenvalue weighted by atomic mass is 10.0. The summed E-state index contributed by atoms with van der Waals surface area (Å²) in [6.07, 6.45) is 107. The average molecular weight is 1100 g/mol. The first kappa shape index (κ1) is 75.0. The van der Waals surface area contributed by atoms with Gasteiger partial charge in [-0.3, -0.25) is 9.59 Å². The highest BCUT2D eigenvalue weighted by Crippen LogP contribution is 2.15. The molecule has 0 heterocycles. The van der Waals surface area contributed by atoms with Gasteiger partial charge in [-0.1, -0.05) is 292 Å². The third-order valence-electron chi connectivity index (χ3n) is 13.2. The lowest BCUT2D eigenvalue weighted by molar-refractivity contribution is -0.161. The Morgan fingerprint density at radius 1 is 0.287 bits per heavy atom. The minimum Gasteiger partial charge on any atom is -0.462 e. The van der Waals surface area contributed by atoms with Crippen LogP contribution in [0.2, 0.25) is 0 Å². The maximum absolute atomic E-state index is 12.3. The predicted octanol–water partition coefficient (Wildman–Crippen LogP) is 22.6. The van der Waals surface area contributed by atoms with Crippen LogP contribution in [0.25, 0.3) is 0 Å². The molecule has 0 fully saturated rings. The smallest absolute Gasteiger partial charge is 0.306 e. The Labute approximate surface area is 493 Å². The minimum absolute atomic E-state index is 0.0846. The quantitative estimate of drug-likeness (QED) is 0.0373. The Hall–Kier alpha value is -5.00. The van der Waals surface area contributed by atoms with Gasteiger partial charge in [-0.2, -0.15) is 0 Å². The summed E-state index contributed by atoms with van der Waals surface area (Å²) in [5.41, 5.74) is 0. The number of esters is 2. The van der Waals surface area contributed by atoms with Crippen molar-refractivity contribution in [2.75, 3.05) is 13.2 Å². The Bertz CT molecular complexity index is 1820. The molecule has 0 radical (unpaired) electrons. The van der Waals surface area contributed by atoms with Gasteiger partial charge in [0.15, 0.2) is 6.10 Å². The van der Waals surface area contributed by atoms with E-state index in [1.54, 1.807) is 0 Å². The molecule has 1 atom stereocenters. The minimum atomic E-state index is -0.797. The van der Waals surface area contributed by atoms with Crippen LogP contribution < -0.4 is 0 Å². The summed E-state index contributed by atoms with van der Waals surface area (Å²) in [5, 5.41) is 9.68. The highest BCUT2D eigenvalue weighted by Gasteiger charge is 2.16. The van der Waals surface area contributed by atoms with Crippen molar-refractivity contribution in [1.82, 2.24) is 0 Å². The molecule has 0 bridgehead atoms. The van der Waals surface area contributed by atoms with Crippen molar-refractivity contribution < 1.29 is 24.2 Å². The first-order valence-electron chi connectivity index (χ1n) is 32.3. The van der Waals surface area contributed by atoms with Gasteiger partial charge in [0.1, 0.15) is 6.61 Å². The number of carbonyl (C=O) groups excluding carboxylic acids is 2. The van der Waals surface area contributed by atoms with Crippen LogP contribution in [0.5, 0.6) is 0 Å². The van der Waals surface area contributed by atoms with Crippen molar-refractivity contribution in [3.05, 3.63) is 182 Å². The molecule has 5 nitrogen and oxygen atoms in total. The summed E-state index contributed by atoms with van der Waals surface area (Å²) < 4.78 is 10.7. The standard InChI is InChI=1S/C75H118O5/c1-3-5-7-9-11-13-15-17-19-21-23-25-27-29-31-32-33-34-35-36-37-38-39-40-41-42-44-46-48-50-52-54-56-58-60-62-64-66-68-70-75(78)80-73(71-76)72-79-74(77)69-67-65-63-61-59-57-55-53-51-49-47-45-43-30-28-26-24-22-20-18-16-14-12-10-8-6-4-2/h5-8,11-14,17-20,23-26,29,31,33-34,36-37,39-40,42,44,48,50,54,56,73,76H,3-4,9-10,15-16,21-22,27-28,30,32,35,38,41,43,45-47,49,51-53,55,57-72H2,1-2H3/b7-5-,8-6-,13-11-,14-12-,19-17-,20-18-,25-23-,26-24-,31-29-,34-33-,37-36-,40-39-,44-42-,50-48-,56-54-. The Morgan fingerprint density at radius 3 is 0.750 bits per heavy atom. The molecule has 5 heteroatoms. The number of carbonyl (C=O) groups is 2. The number of hydrogen-bond donors (Lipinski definition) is 1. The van der Waals surface area contributed by atoms with E-state index in [1.165, 1.54) is 77.0 Å². The van der Waals surface area contributed by atoms with Crippen LogP contribution >= 0.6 is 0 Å². The predicted molar refractivity (Wildman–Crippen MR) is 352 cm³/mol. The van der Waals surface area contributed by atoms with Crippen LogP contribution in [0.15, 0.2) is 182 Å². The number of allylic oxidation sites excluding steroid dienone is 30. The van der Waals surface area contributed by atoms with Gasteiger partial charge in [0, 0.05) is 12.8 Å². The molecule has 0 aliphatic heterocycles. The number of aliphatic hydroxyl groups is 1. The molecule has 0 spiro atoms. The van der Waals surface area contributed by atoms with Crippen molar-refractivity contribution in [3.8, 4) is 0 Å². The van der Waals surface area contributed by atoms with Crippen LogP contribution in [0, 0.1) is 0 Å². The fourth-order valence-corrected chi connectivity index (χ4v) is 8.43. The molecule has 0 saturated carbocycles. The lowest BCUT2D eigenvalue weighted by Crippen LogP contribution is -2.28. The van der Waals surface area contributed by atoms with Gasteiger partial charge in [0.05, 0.1) is 6.61 Å². The van der Waals surface area contributed by atoms with E-state index in [-0.39, 0.29) is 25.2 Å². The molecule has 1 N–H and O–H groups in total. The summed E-state index contributed by atoms with van der Waals surface area (Å²) in [6.45, 7) is 3.90. The molecule has 0 aromatic heterocycles. The first-order chi connectivity index (χ1) is 39.6. The van der Waals surface area contributed by atoms with Gasteiger partial charge in [-0.25, -0.2) is 0 Å². The Morgan fingerprint density at radius 2 is 0.500 bits per heavy atom. The molecule has 80 heavy (non-hydrogen) atoms. The average Bonchev–Trinajstić information content (AvgIpc) is 3.46. The summed E-state index contributed by atoms with van der Waals surface area (Å²) in [7, 11) is 0. The highest BCUT2D eigenvalue weighted by molar-refractivity contribution is 5.70. The van der Waals surface area contributed by atoms with Crippen LogP contribution in [0.1, 0.15) is 258 Å². The molecule has 0 aliphatic carbocycles. The highest BCUT2D eigenvalue weighted by atomic mass is 16.6. The van der Waals surface area contributed by atoms with Crippen molar-refractivity contribution in [2.45, 2.75) is 264 Å². The zero-order chi connectivity index (χ0) is 57.6. The molecule has 0 rings (SSSR count). The van der Waals surface area contributed by atoms with Crippen molar-refractivity contribution >= 4 is 11.9 Å². The molecule has 448 valence electrons. The number of hydrogen-bond acceptors (Lipinski definition) is 5. The van der Waals surface area contributed by atoms with Gasteiger partial charge >= 0.3 is 11.9 Å². The number of aliphatic hydroxyl groups excluding tert-OH is 1. The SMILES string of the molecule is CC/C=C\C/C=C\C/C=C\C/C=C\C/C=C\C/C=C\C/C=C\C/C=C\C/C=C\C/C=C\C/C=C\CCCCCCCC(=O)OC(CO)COC(=O)CCCCCCCCCCCCCCCC/C=C\C/C=C\C/C=C\C/C=C\CC. The maximum atomic E-state index is 12.3. The van der Waals surface area contributed by atoms with Crippen LogP contribution in [0.3, 0.4) is 0 Å². The first-order valence-corrected chi connectivity index (χ1v) is 32.3. The summed E-state index contributed by atoms with van der Waals surface area (Å²) in [4.78, 5) is 24.6. The second-order valence-electron chi connectivity index (χ2n) is 20.7. The summed E-state index contributed by atoms with van der Waals surface area (Å²) in [5.74, 6) is -0.622. The van der Waals surface area contributed by atoms with Gasteiger partial charge in [-0.15, -0.1) is 0 Å². The fourth-order valence-electron chi connectivity index (χ4n) is 8.43. The third kappa shape index (κ3) is 65.5. The molecule has 0 aromatic carbocycles. The Balaban J connectivity index is 3.62. The van der Waals surface area contributed by atoms with E-state index in [0.717, 1.165) is 154 Å². The molecule has 0 aromatic rings. The van der Waals surface area contributed by atoms with E-state index in [9.17, 15) is 14.7 Å².